The molecular weight excluding hydrogens is 376 g/mol. The minimum absolute atomic E-state index is 0.0474. The summed E-state index contributed by atoms with van der Waals surface area (Å²) in [4.78, 5) is 5.48. The monoisotopic (exact) mass is 386 g/mol. The van der Waals surface area contributed by atoms with E-state index >= 15 is 0 Å². The van der Waals surface area contributed by atoms with E-state index in [2.05, 4.69) is 55.0 Å². The smallest absolute Gasteiger partial charge is 0.101 e. The molecule has 2 aromatic rings. The second-order valence-corrected chi connectivity index (χ2v) is 6.73. The predicted molar refractivity (Wildman–Crippen MR) is 82.8 cm³/mol. The Hall–Kier alpha value is -0.360. The molecule has 0 bridgehead atoms. The van der Waals surface area contributed by atoms with E-state index in [0.717, 1.165) is 24.4 Å². The Bertz CT molecular complexity index is 541. The summed E-state index contributed by atoms with van der Waals surface area (Å²) in [6, 6.07) is 10.2. The number of aromatic nitrogens is 1. The summed E-state index contributed by atoms with van der Waals surface area (Å²) in [5, 5.41) is 0.965. The molecular formula is C13H12Br2N2S. The van der Waals surface area contributed by atoms with Crippen LogP contribution < -0.4 is 5.73 Å². The summed E-state index contributed by atoms with van der Waals surface area (Å²) in [6.07, 6.45) is 1.80. The average molecular weight is 388 g/mol. The van der Waals surface area contributed by atoms with Crippen molar-refractivity contribution in [2.24, 2.45) is 5.73 Å². The molecule has 0 radical (unpaired) electrons. The van der Waals surface area contributed by atoms with Gasteiger partial charge in [0.15, 0.2) is 0 Å². The topological polar surface area (TPSA) is 38.9 Å². The quantitative estimate of drug-likeness (QED) is 0.823. The standard InChI is InChI=1S/C13H12Br2N2S/c1-8(16)9-2-4-12(11(15)6-9)18-13-5-3-10(14)7-17-13/h2-8H,16H2,1H3. The number of halogens is 2. The minimum Gasteiger partial charge on any atom is -0.324 e. The number of rotatable bonds is 3. The van der Waals surface area contributed by atoms with E-state index in [1.54, 1.807) is 18.0 Å². The van der Waals surface area contributed by atoms with Crippen molar-refractivity contribution in [3.63, 3.8) is 0 Å². The number of benzene rings is 1. The molecule has 5 heteroatoms. The van der Waals surface area contributed by atoms with Crippen LogP contribution in [0.3, 0.4) is 0 Å². The van der Waals surface area contributed by atoms with Gasteiger partial charge in [-0.25, -0.2) is 4.98 Å². The van der Waals surface area contributed by atoms with Gasteiger partial charge < -0.3 is 5.73 Å². The number of hydrogen-bond donors (Lipinski definition) is 1. The van der Waals surface area contributed by atoms with Crippen LogP contribution in [-0.4, -0.2) is 4.98 Å². The lowest BCUT2D eigenvalue weighted by atomic mass is 10.1. The third kappa shape index (κ3) is 3.57. The first kappa shape index (κ1) is 14.1. The number of nitrogens with zero attached hydrogens (tertiary/aromatic N) is 1. The highest BCUT2D eigenvalue weighted by molar-refractivity contribution is 9.10. The van der Waals surface area contributed by atoms with Crippen LogP contribution in [0.5, 0.6) is 0 Å². The van der Waals surface area contributed by atoms with Gasteiger partial charge in [0.25, 0.3) is 0 Å². The van der Waals surface area contributed by atoms with E-state index in [4.69, 9.17) is 5.73 Å². The summed E-state index contributed by atoms with van der Waals surface area (Å²) < 4.78 is 2.03. The van der Waals surface area contributed by atoms with Crippen molar-refractivity contribution in [2.45, 2.75) is 22.9 Å². The fraction of sp³-hybridized carbons (Fsp3) is 0.154. The largest absolute Gasteiger partial charge is 0.324 e. The van der Waals surface area contributed by atoms with E-state index in [9.17, 15) is 0 Å². The maximum atomic E-state index is 5.86. The third-order valence-electron chi connectivity index (χ3n) is 2.40. The highest BCUT2D eigenvalue weighted by Crippen LogP contribution is 2.34. The summed E-state index contributed by atoms with van der Waals surface area (Å²) in [6.45, 7) is 1.98. The molecule has 0 aliphatic rings. The Kier molecular flexibility index (Phi) is 4.84. The summed E-state index contributed by atoms with van der Waals surface area (Å²) in [5.41, 5.74) is 6.98. The summed E-state index contributed by atoms with van der Waals surface area (Å²) in [5.74, 6) is 0. The molecule has 0 saturated carbocycles. The molecule has 1 aromatic heterocycles. The van der Waals surface area contributed by atoms with E-state index in [0.29, 0.717) is 0 Å². The molecule has 0 fully saturated rings. The lowest BCUT2D eigenvalue weighted by Gasteiger charge is -2.09. The van der Waals surface area contributed by atoms with Crippen molar-refractivity contribution in [1.29, 1.82) is 0 Å². The van der Waals surface area contributed by atoms with Crippen LogP contribution in [0.25, 0.3) is 0 Å². The van der Waals surface area contributed by atoms with Crippen LogP contribution in [0.2, 0.25) is 0 Å². The van der Waals surface area contributed by atoms with Crippen molar-refractivity contribution in [3.8, 4) is 0 Å². The van der Waals surface area contributed by atoms with Crippen LogP contribution in [-0.2, 0) is 0 Å². The molecule has 1 unspecified atom stereocenters. The number of hydrogen-bond acceptors (Lipinski definition) is 3. The van der Waals surface area contributed by atoms with Crippen LogP contribution in [0.4, 0.5) is 0 Å². The summed E-state index contributed by atoms with van der Waals surface area (Å²) >= 11 is 8.57. The molecule has 0 amide bonds. The van der Waals surface area contributed by atoms with Crippen molar-refractivity contribution in [1.82, 2.24) is 4.98 Å². The molecule has 1 aromatic carbocycles. The molecule has 0 spiro atoms. The maximum Gasteiger partial charge on any atom is 0.101 e. The van der Waals surface area contributed by atoms with E-state index < -0.39 is 0 Å². The van der Waals surface area contributed by atoms with Crippen molar-refractivity contribution in [3.05, 3.63) is 51.0 Å². The second-order valence-electron chi connectivity index (χ2n) is 3.90. The van der Waals surface area contributed by atoms with Crippen LogP contribution in [0, 0.1) is 0 Å². The first-order valence-corrected chi connectivity index (χ1v) is 7.81. The van der Waals surface area contributed by atoms with Gasteiger partial charge in [0.1, 0.15) is 5.03 Å². The van der Waals surface area contributed by atoms with Crippen molar-refractivity contribution < 1.29 is 0 Å². The predicted octanol–water partition coefficient (Wildman–Crippen LogP) is 4.78. The van der Waals surface area contributed by atoms with E-state index in [-0.39, 0.29) is 6.04 Å². The minimum atomic E-state index is 0.0474. The van der Waals surface area contributed by atoms with Crippen LogP contribution in [0.15, 0.2) is 55.4 Å². The van der Waals surface area contributed by atoms with Gasteiger partial charge in [0.2, 0.25) is 0 Å². The molecule has 0 aliphatic carbocycles. The molecule has 94 valence electrons. The van der Waals surface area contributed by atoms with E-state index in [1.807, 2.05) is 19.1 Å². The van der Waals surface area contributed by atoms with Gasteiger partial charge in [0.05, 0.1) is 0 Å². The average Bonchev–Trinajstić information content (AvgIpc) is 2.34. The second kappa shape index (κ2) is 6.19. The lowest BCUT2D eigenvalue weighted by molar-refractivity contribution is 0.815. The maximum absolute atomic E-state index is 5.86. The fourth-order valence-corrected chi connectivity index (χ4v) is 3.05. The van der Waals surface area contributed by atoms with Gasteiger partial charge in [-0.05, 0) is 68.6 Å². The molecule has 2 nitrogen and oxygen atoms in total. The fourth-order valence-electron chi connectivity index (χ4n) is 1.42. The van der Waals surface area contributed by atoms with Crippen molar-refractivity contribution in [2.75, 3.05) is 0 Å². The Morgan fingerprint density at radius 3 is 2.56 bits per heavy atom. The van der Waals surface area contributed by atoms with Gasteiger partial charge in [-0.1, -0.05) is 17.8 Å². The highest BCUT2D eigenvalue weighted by atomic mass is 79.9. The SMILES string of the molecule is CC(N)c1ccc(Sc2ccc(Br)cn2)c(Br)c1. The zero-order valence-electron chi connectivity index (χ0n) is 9.73. The summed E-state index contributed by atoms with van der Waals surface area (Å²) in [7, 11) is 0. The Labute approximate surface area is 128 Å². The Balaban J connectivity index is 2.22. The molecule has 0 aliphatic heterocycles. The molecule has 2 N–H and O–H groups in total. The van der Waals surface area contributed by atoms with E-state index in [1.165, 1.54) is 0 Å². The number of pyridine rings is 1. The Morgan fingerprint density at radius 2 is 2.00 bits per heavy atom. The van der Waals surface area contributed by atoms with Crippen LogP contribution >= 0.6 is 43.6 Å². The van der Waals surface area contributed by atoms with Gasteiger partial charge in [-0.3, -0.25) is 0 Å². The first-order chi connectivity index (χ1) is 8.56. The Morgan fingerprint density at radius 1 is 1.22 bits per heavy atom. The molecule has 0 saturated heterocycles. The van der Waals surface area contributed by atoms with Gasteiger partial charge in [-0.2, -0.15) is 0 Å². The number of nitrogens with two attached hydrogens (primary N) is 1. The van der Waals surface area contributed by atoms with Gasteiger partial charge in [-0.15, -0.1) is 0 Å². The zero-order chi connectivity index (χ0) is 13.1. The van der Waals surface area contributed by atoms with Crippen LogP contribution in [0.1, 0.15) is 18.5 Å². The molecule has 2 rings (SSSR count). The molecule has 18 heavy (non-hydrogen) atoms. The first-order valence-electron chi connectivity index (χ1n) is 5.40. The normalized spacial score (nSPS) is 12.4. The highest BCUT2D eigenvalue weighted by Gasteiger charge is 2.06. The molecule has 1 heterocycles. The van der Waals surface area contributed by atoms with Gasteiger partial charge >= 0.3 is 0 Å². The van der Waals surface area contributed by atoms with Crippen molar-refractivity contribution >= 4 is 43.6 Å². The van der Waals surface area contributed by atoms with Gasteiger partial charge in [0, 0.05) is 26.1 Å². The zero-order valence-corrected chi connectivity index (χ0v) is 13.7. The lowest BCUT2D eigenvalue weighted by Crippen LogP contribution is -2.04. The third-order valence-corrected chi connectivity index (χ3v) is 4.81. The molecule has 1 atom stereocenters.